The van der Waals surface area contributed by atoms with Gasteiger partial charge in [-0.2, -0.15) is 0 Å². The topological polar surface area (TPSA) is 61.4 Å². The number of hydrogen-bond donors (Lipinski definition) is 2. The van der Waals surface area contributed by atoms with Crippen LogP contribution in [0.3, 0.4) is 0 Å². The molecule has 28 heavy (non-hydrogen) atoms. The van der Waals surface area contributed by atoms with Crippen molar-refractivity contribution in [1.29, 1.82) is 0 Å². The summed E-state index contributed by atoms with van der Waals surface area (Å²) >= 11 is 0. The molecule has 0 spiro atoms. The number of rotatable bonds is 7. The average molecular weight is 382 g/mol. The van der Waals surface area contributed by atoms with Crippen LogP contribution in [-0.2, 0) is 9.59 Å². The zero-order valence-electron chi connectivity index (χ0n) is 17.7. The molecule has 5 nitrogen and oxygen atoms in total. The van der Waals surface area contributed by atoms with Gasteiger partial charge in [0.15, 0.2) is 0 Å². The highest BCUT2D eigenvalue weighted by molar-refractivity contribution is 5.95. The van der Waals surface area contributed by atoms with E-state index in [1.165, 1.54) is 11.1 Å². The minimum atomic E-state index is -0.143. The van der Waals surface area contributed by atoms with Gasteiger partial charge >= 0.3 is 0 Å². The van der Waals surface area contributed by atoms with Gasteiger partial charge in [0.1, 0.15) is 0 Å². The first kappa shape index (κ1) is 21.6. The van der Waals surface area contributed by atoms with E-state index in [9.17, 15) is 9.59 Å². The van der Waals surface area contributed by atoms with E-state index < -0.39 is 0 Å². The van der Waals surface area contributed by atoms with Crippen molar-refractivity contribution < 1.29 is 9.59 Å². The second-order valence-electron chi connectivity index (χ2n) is 7.82. The molecule has 0 saturated carbocycles. The third-order valence-corrected chi connectivity index (χ3v) is 4.63. The number of aryl methyl sites for hydroxylation is 3. The molecule has 0 saturated heterocycles. The van der Waals surface area contributed by atoms with Crippen molar-refractivity contribution in [2.24, 2.45) is 0 Å². The predicted molar refractivity (Wildman–Crippen MR) is 116 cm³/mol. The number of nitrogens with zero attached hydrogens (tertiary/aromatic N) is 1. The van der Waals surface area contributed by atoms with Gasteiger partial charge in [0.2, 0.25) is 11.8 Å². The van der Waals surface area contributed by atoms with E-state index in [0.717, 1.165) is 22.5 Å². The third-order valence-electron chi connectivity index (χ3n) is 4.63. The Kier molecular flexibility index (Phi) is 7.35. The monoisotopic (exact) mass is 381 g/mol. The quantitative estimate of drug-likeness (QED) is 0.754. The number of carbonyl (C=O) groups excluding carboxylic acids is 2. The first-order valence-electron chi connectivity index (χ1n) is 9.61. The number of carbonyl (C=O) groups is 2. The largest absolute Gasteiger partial charge is 0.325 e. The summed E-state index contributed by atoms with van der Waals surface area (Å²) in [4.78, 5) is 26.3. The van der Waals surface area contributed by atoms with Crippen LogP contribution < -0.4 is 10.6 Å². The maximum absolute atomic E-state index is 12.4. The lowest BCUT2D eigenvalue weighted by molar-refractivity contribution is -0.119. The first-order valence-corrected chi connectivity index (χ1v) is 9.61. The summed E-state index contributed by atoms with van der Waals surface area (Å²) in [6, 6.07) is 11.9. The van der Waals surface area contributed by atoms with Crippen molar-refractivity contribution >= 4 is 23.2 Å². The van der Waals surface area contributed by atoms with Crippen LogP contribution in [0.15, 0.2) is 36.4 Å². The van der Waals surface area contributed by atoms with Gasteiger partial charge in [-0.1, -0.05) is 43.7 Å². The van der Waals surface area contributed by atoms with Crippen molar-refractivity contribution in [3.63, 3.8) is 0 Å². The summed E-state index contributed by atoms with van der Waals surface area (Å²) in [6.07, 6.45) is 0. The minimum absolute atomic E-state index is 0.133. The number of anilines is 2. The third kappa shape index (κ3) is 6.20. The minimum Gasteiger partial charge on any atom is -0.325 e. The zero-order chi connectivity index (χ0) is 20.8. The number of likely N-dealkylation sites (N-methyl/N-ethyl adjacent to an activating group) is 1. The van der Waals surface area contributed by atoms with E-state index in [1.54, 1.807) is 11.9 Å². The lowest BCUT2D eigenvalue weighted by atomic mass is 10.0. The van der Waals surface area contributed by atoms with E-state index in [2.05, 4.69) is 24.5 Å². The molecule has 0 fully saturated rings. The van der Waals surface area contributed by atoms with Gasteiger partial charge < -0.3 is 10.6 Å². The maximum Gasteiger partial charge on any atom is 0.238 e. The fourth-order valence-electron chi connectivity index (χ4n) is 3.25. The summed E-state index contributed by atoms with van der Waals surface area (Å²) in [5, 5.41) is 5.84. The first-order chi connectivity index (χ1) is 13.2. The number of benzene rings is 2. The number of hydrogen-bond acceptors (Lipinski definition) is 3. The molecule has 2 amide bonds. The molecule has 0 aliphatic heterocycles. The van der Waals surface area contributed by atoms with Gasteiger partial charge in [-0.3, -0.25) is 14.5 Å². The highest BCUT2D eigenvalue weighted by Gasteiger charge is 2.13. The van der Waals surface area contributed by atoms with Crippen LogP contribution in [0.4, 0.5) is 11.4 Å². The summed E-state index contributed by atoms with van der Waals surface area (Å²) < 4.78 is 0. The lowest BCUT2D eigenvalue weighted by Crippen LogP contribution is -2.36. The van der Waals surface area contributed by atoms with Crippen molar-refractivity contribution in [2.75, 3.05) is 30.8 Å². The molecule has 0 unspecified atom stereocenters. The van der Waals surface area contributed by atoms with Crippen LogP contribution in [0.1, 0.15) is 42.0 Å². The van der Waals surface area contributed by atoms with E-state index in [-0.39, 0.29) is 24.9 Å². The summed E-state index contributed by atoms with van der Waals surface area (Å²) in [5.74, 6) is 0.178. The molecule has 2 aromatic carbocycles. The number of amides is 2. The fourth-order valence-corrected chi connectivity index (χ4v) is 3.25. The lowest BCUT2D eigenvalue weighted by Gasteiger charge is -2.18. The van der Waals surface area contributed by atoms with E-state index in [4.69, 9.17) is 0 Å². The molecular weight excluding hydrogens is 350 g/mol. The van der Waals surface area contributed by atoms with Crippen LogP contribution in [0.2, 0.25) is 0 Å². The molecule has 0 radical (unpaired) electrons. The van der Waals surface area contributed by atoms with Crippen LogP contribution in [0, 0.1) is 20.8 Å². The molecule has 2 aromatic rings. The zero-order valence-corrected chi connectivity index (χ0v) is 17.7. The van der Waals surface area contributed by atoms with E-state index >= 15 is 0 Å². The molecule has 2 rings (SSSR count). The van der Waals surface area contributed by atoms with Crippen molar-refractivity contribution in [3.8, 4) is 0 Å². The van der Waals surface area contributed by atoms with Gasteiger partial charge in [-0.25, -0.2) is 0 Å². The normalized spacial score (nSPS) is 11.0. The Morgan fingerprint density at radius 1 is 0.893 bits per heavy atom. The predicted octanol–water partition coefficient (Wildman–Crippen LogP) is 4.24. The summed E-state index contributed by atoms with van der Waals surface area (Å²) in [5.41, 5.74) is 6.08. The van der Waals surface area contributed by atoms with Crippen molar-refractivity contribution in [3.05, 3.63) is 58.7 Å². The van der Waals surface area contributed by atoms with Gasteiger partial charge in [0.05, 0.1) is 13.1 Å². The molecule has 5 heteroatoms. The molecule has 0 aromatic heterocycles. The molecule has 0 bridgehead atoms. The standard InChI is InChI=1S/C23H31N3O2/c1-15(2)19-7-9-20(10-8-19)24-21(27)13-26(6)14-22(28)25-23-17(4)11-16(3)12-18(23)5/h7-12,15H,13-14H2,1-6H3,(H,24,27)(H,25,28). The van der Waals surface area contributed by atoms with Gasteiger partial charge in [0, 0.05) is 11.4 Å². The second-order valence-corrected chi connectivity index (χ2v) is 7.82. The Morgan fingerprint density at radius 2 is 1.39 bits per heavy atom. The molecule has 2 N–H and O–H groups in total. The van der Waals surface area contributed by atoms with Crippen LogP contribution >= 0.6 is 0 Å². The van der Waals surface area contributed by atoms with Gasteiger partial charge in [0.25, 0.3) is 0 Å². The van der Waals surface area contributed by atoms with Crippen LogP contribution in [-0.4, -0.2) is 36.9 Å². The summed E-state index contributed by atoms with van der Waals surface area (Å²) in [7, 11) is 1.76. The second kappa shape index (κ2) is 9.51. The molecular formula is C23H31N3O2. The summed E-state index contributed by atoms with van der Waals surface area (Å²) in [6.45, 7) is 10.6. The van der Waals surface area contributed by atoms with Crippen molar-refractivity contribution in [2.45, 2.75) is 40.5 Å². The molecule has 0 aliphatic carbocycles. The Labute approximate surface area is 168 Å². The average Bonchev–Trinajstić information content (AvgIpc) is 2.58. The SMILES string of the molecule is Cc1cc(C)c(NC(=O)CN(C)CC(=O)Nc2ccc(C(C)C)cc2)c(C)c1. The Hall–Kier alpha value is -2.66. The molecule has 0 atom stereocenters. The smallest absolute Gasteiger partial charge is 0.238 e. The Bertz CT molecular complexity index is 818. The van der Waals surface area contributed by atoms with Crippen molar-refractivity contribution in [1.82, 2.24) is 4.90 Å². The molecule has 0 heterocycles. The maximum atomic E-state index is 12.4. The molecule has 0 aliphatic rings. The highest BCUT2D eigenvalue weighted by Crippen LogP contribution is 2.22. The Balaban J connectivity index is 1.86. The van der Waals surface area contributed by atoms with E-state index in [0.29, 0.717) is 5.92 Å². The number of nitrogens with one attached hydrogen (secondary N) is 2. The van der Waals surface area contributed by atoms with Crippen LogP contribution in [0.25, 0.3) is 0 Å². The fraction of sp³-hybridized carbons (Fsp3) is 0.391. The Morgan fingerprint density at radius 3 is 1.89 bits per heavy atom. The molecule has 150 valence electrons. The van der Waals surface area contributed by atoms with Crippen LogP contribution in [0.5, 0.6) is 0 Å². The highest BCUT2D eigenvalue weighted by atomic mass is 16.2. The van der Waals surface area contributed by atoms with Gasteiger partial charge in [-0.15, -0.1) is 0 Å². The van der Waals surface area contributed by atoms with E-state index in [1.807, 2.05) is 57.2 Å². The van der Waals surface area contributed by atoms with Gasteiger partial charge in [-0.05, 0) is 62.6 Å².